The smallest absolute Gasteiger partial charge is 0.223 e. The summed E-state index contributed by atoms with van der Waals surface area (Å²) >= 11 is 0. The van der Waals surface area contributed by atoms with E-state index in [0.717, 1.165) is 22.2 Å². The van der Waals surface area contributed by atoms with Crippen molar-refractivity contribution in [3.63, 3.8) is 0 Å². The van der Waals surface area contributed by atoms with Crippen molar-refractivity contribution in [1.82, 2.24) is 9.97 Å². The molecule has 0 bridgehead atoms. The number of para-hydroxylation sites is 1. The summed E-state index contributed by atoms with van der Waals surface area (Å²) in [5, 5.41) is 13.9. The number of aromatic nitrogens is 2. The molecule has 0 aliphatic carbocycles. The van der Waals surface area contributed by atoms with Gasteiger partial charge in [-0.15, -0.1) is 0 Å². The van der Waals surface area contributed by atoms with Crippen LogP contribution >= 0.6 is 0 Å². The number of nitrogens with one attached hydrogen (secondary N) is 1. The molecule has 0 aliphatic heterocycles. The molecule has 1 unspecified atom stereocenters. The second kappa shape index (κ2) is 7.86. The number of hydrogen-bond acceptors (Lipinski definition) is 5. The standard InChI is InChI=1S/C19H21N3O2/c1-24-13-15(23)11-12-20-19-21-17-10-6-5-9-16(17)18(22-19)14-7-3-2-4-8-14/h2-10,15,23H,11-13H2,1H3,(H,20,21,22). The number of hydrogen-bond donors (Lipinski definition) is 2. The van der Waals surface area contributed by atoms with Crippen LogP contribution in [0.3, 0.4) is 0 Å². The number of rotatable bonds is 7. The van der Waals surface area contributed by atoms with Crippen molar-refractivity contribution in [2.24, 2.45) is 0 Å². The van der Waals surface area contributed by atoms with Crippen LogP contribution < -0.4 is 5.32 Å². The molecule has 0 fully saturated rings. The highest BCUT2D eigenvalue weighted by molar-refractivity contribution is 5.93. The highest BCUT2D eigenvalue weighted by Gasteiger charge is 2.10. The van der Waals surface area contributed by atoms with Gasteiger partial charge in [-0.2, -0.15) is 0 Å². The molecule has 0 saturated heterocycles. The van der Waals surface area contributed by atoms with Crippen molar-refractivity contribution in [3.05, 3.63) is 54.6 Å². The molecule has 3 aromatic rings. The maximum absolute atomic E-state index is 9.73. The van der Waals surface area contributed by atoms with Gasteiger partial charge in [0.15, 0.2) is 0 Å². The van der Waals surface area contributed by atoms with Gasteiger partial charge in [-0.1, -0.05) is 48.5 Å². The molecule has 24 heavy (non-hydrogen) atoms. The first kappa shape index (κ1) is 16.4. The van der Waals surface area contributed by atoms with Crippen LogP contribution in [0.1, 0.15) is 6.42 Å². The highest BCUT2D eigenvalue weighted by Crippen LogP contribution is 2.26. The average Bonchev–Trinajstić information content (AvgIpc) is 2.62. The Labute approximate surface area is 141 Å². The predicted octanol–water partition coefficient (Wildman–Crippen LogP) is 3.11. The third kappa shape index (κ3) is 3.88. The molecule has 2 aromatic carbocycles. The predicted molar refractivity (Wildman–Crippen MR) is 96.0 cm³/mol. The van der Waals surface area contributed by atoms with Gasteiger partial charge in [0.1, 0.15) is 0 Å². The lowest BCUT2D eigenvalue weighted by Gasteiger charge is -2.12. The third-order valence-electron chi connectivity index (χ3n) is 3.77. The second-order valence-corrected chi connectivity index (χ2v) is 5.60. The molecule has 1 aromatic heterocycles. The van der Waals surface area contributed by atoms with Crippen molar-refractivity contribution in [2.75, 3.05) is 25.6 Å². The molecule has 1 heterocycles. The summed E-state index contributed by atoms with van der Waals surface area (Å²) in [5.41, 5.74) is 2.85. The summed E-state index contributed by atoms with van der Waals surface area (Å²) < 4.78 is 4.93. The van der Waals surface area contributed by atoms with E-state index in [4.69, 9.17) is 4.74 Å². The van der Waals surface area contributed by atoms with Crippen LogP contribution in [-0.4, -0.2) is 41.4 Å². The molecule has 1 atom stereocenters. The maximum atomic E-state index is 9.73. The van der Waals surface area contributed by atoms with Crippen molar-refractivity contribution in [1.29, 1.82) is 0 Å². The zero-order chi connectivity index (χ0) is 16.8. The van der Waals surface area contributed by atoms with E-state index in [-0.39, 0.29) is 0 Å². The summed E-state index contributed by atoms with van der Waals surface area (Å²) in [7, 11) is 1.58. The largest absolute Gasteiger partial charge is 0.391 e. The molecule has 0 amide bonds. The number of fused-ring (bicyclic) bond motifs is 1. The summed E-state index contributed by atoms with van der Waals surface area (Å²) in [5.74, 6) is 0.567. The first-order valence-electron chi connectivity index (χ1n) is 8.01. The number of methoxy groups -OCH3 is 1. The van der Waals surface area contributed by atoms with Gasteiger partial charge < -0.3 is 15.2 Å². The Morgan fingerprint density at radius 1 is 1.04 bits per heavy atom. The van der Waals surface area contributed by atoms with Gasteiger partial charge in [0.2, 0.25) is 5.95 Å². The summed E-state index contributed by atoms with van der Waals surface area (Å²) in [6, 6.07) is 18.0. The SMILES string of the molecule is COCC(O)CCNc1nc(-c2ccccc2)c2ccccc2n1. The maximum Gasteiger partial charge on any atom is 0.223 e. The molecule has 124 valence electrons. The van der Waals surface area contributed by atoms with Crippen molar-refractivity contribution in [2.45, 2.75) is 12.5 Å². The minimum atomic E-state index is -0.489. The first-order chi connectivity index (χ1) is 11.8. The van der Waals surface area contributed by atoms with Gasteiger partial charge in [0.25, 0.3) is 0 Å². The van der Waals surface area contributed by atoms with Crippen LogP contribution in [0.25, 0.3) is 22.2 Å². The fraction of sp³-hybridized carbons (Fsp3) is 0.263. The monoisotopic (exact) mass is 323 g/mol. The quantitative estimate of drug-likeness (QED) is 0.699. The number of ether oxygens (including phenoxy) is 1. The summed E-state index contributed by atoms with van der Waals surface area (Å²) in [4.78, 5) is 9.25. The molecule has 0 spiro atoms. The minimum absolute atomic E-state index is 0.329. The van der Waals surface area contributed by atoms with E-state index in [1.165, 1.54) is 0 Å². The van der Waals surface area contributed by atoms with E-state index in [1.807, 2.05) is 54.6 Å². The van der Waals surface area contributed by atoms with Crippen LogP contribution in [-0.2, 0) is 4.74 Å². The normalized spacial score (nSPS) is 12.2. The van der Waals surface area contributed by atoms with Gasteiger partial charge in [-0.05, 0) is 12.5 Å². The van der Waals surface area contributed by atoms with Crippen LogP contribution in [0, 0.1) is 0 Å². The number of aliphatic hydroxyl groups is 1. The van der Waals surface area contributed by atoms with Crippen LogP contribution in [0.5, 0.6) is 0 Å². The number of aliphatic hydroxyl groups excluding tert-OH is 1. The van der Waals surface area contributed by atoms with E-state index < -0.39 is 6.10 Å². The Morgan fingerprint density at radius 2 is 1.79 bits per heavy atom. The second-order valence-electron chi connectivity index (χ2n) is 5.60. The zero-order valence-electron chi connectivity index (χ0n) is 13.6. The molecular weight excluding hydrogens is 302 g/mol. The summed E-state index contributed by atoms with van der Waals surface area (Å²) in [6.07, 6.45) is 0.0848. The summed E-state index contributed by atoms with van der Waals surface area (Å²) in [6.45, 7) is 0.909. The van der Waals surface area contributed by atoms with Crippen LogP contribution in [0.2, 0.25) is 0 Å². The Hall–Kier alpha value is -2.50. The van der Waals surface area contributed by atoms with E-state index in [1.54, 1.807) is 7.11 Å². The molecule has 0 saturated carbocycles. The fourth-order valence-corrected chi connectivity index (χ4v) is 2.60. The van der Waals surface area contributed by atoms with Gasteiger partial charge >= 0.3 is 0 Å². The van der Waals surface area contributed by atoms with Crippen LogP contribution in [0.4, 0.5) is 5.95 Å². The Bertz CT molecular complexity index is 793. The number of benzene rings is 2. The molecule has 3 rings (SSSR count). The lowest BCUT2D eigenvalue weighted by molar-refractivity contribution is 0.0615. The molecule has 0 aliphatic rings. The molecule has 5 nitrogen and oxygen atoms in total. The highest BCUT2D eigenvalue weighted by atomic mass is 16.5. The third-order valence-corrected chi connectivity index (χ3v) is 3.77. The fourth-order valence-electron chi connectivity index (χ4n) is 2.60. The molecule has 0 radical (unpaired) electrons. The lowest BCUT2D eigenvalue weighted by atomic mass is 10.1. The molecular formula is C19H21N3O2. The number of nitrogens with zero attached hydrogens (tertiary/aromatic N) is 2. The van der Waals surface area contributed by atoms with Gasteiger partial charge in [0.05, 0.1) is 23.9 Å². The average molecular weight is 323 g/mol. The van der Waals surface area contributed by atoms with Gasteiger partial charge in [-0.3, -0.25) is 0 Å². The van der Waals surface area contributed by atoms with Gasteiger partial charge in [-0.25, -0.2) is 9.97 Å². The van der Waals surface area contributed by atoms with E-state index in [0.29, 0.717) is 25.5 Å². The Morgan fingerprint density at radius 3 is 2.58 bits per heavy atom. The molecule has 5 heteroatoms. The Balaban J connectivity index is 1.87. The van der Waals surface area contributed by atoms with E-state index in [2.05, 4.69) is 15.3 Å². The topological polar surface area (TPSA) is 67.3 Å². The first-order valence-corrected chi connectivity index (χ1v) is 8.01. The van der Waals surface area contributed by atoms with Crippen molar-refractivity contribution >= 4 is 16.9 Å². The lowest BCUT2D eigenvalue weighted by Crippen LogP contribution is -2.19. The van der Waals surface area contributed by atoms with E-state index >= 15 is 0 Å². The minimum Gasteiger partial charge on any atom is -0.391 e. The van der Waals surface area contributed by atoms with Gasteiger partial charge in [0, 0.05) is 24.6 Å². The Kier molecular flexibility index (Phi) is 5.36. The van der Waals surface area contributed by atoms with Crippen molar-refractivity contribution < 1.29 is 9.84 Å². The zero-order valence-corrected chi connectivity index (χ0v) is 13.6. The van der Waals surface area contributed by atoms with Crippen LogP contribution in [0.15, 0.2) is 54.6 Å². The number of anilines is 1. The molecule has 2 N–H and O–H groups in total. The van der Waals surface area contributed by atoms with E-state index in [9.17, 15) is 5.11 Å². The van der Waals surface area contributed by atoms with Crippen molar-refractivity contribution in [3.8, 4) is 11.3 Å².